The third-order valence-corrected chi connectivity index (χ3v) is 15.2. The molecule has 0 atom stereocenters. The summed E-state index contributed by atoms with van der Waals surface area (Å²) in [6.07, 6.45) is 0. The minimum absolute atomic E-state index is 0.616. The van der Waals surface area contributed by atoms with E-state index in [1.54, 1.807) is 22.7 Å². The fraction of sp³-hybridized carbons (Fsp3) is 0. The van der Waals surface area contributed by atoms with Crippen LogP contribution in [0.3, 0.4) is 0 Å². The van der Waals surface area contributed by atoms with Gasteiger partial charge in [0.05, 0.1) is 0 Å². The first kappa shape index (κ1) is 38.4. The second-order valence-corrected chi connectivity index (χ2v) is 18.7. The molecule has 0 fully saturated rings. The summed E-state index contributed by atoms with van der Waals surface area (Å²) in [7, 11) is 0. The van der Waals surface area contributed by atoms with Crippen LogP contribution in [-0.2, 0) is 0 Å². The highest BCUT2D eigenvalue weighted by Crippen LogP contribution is 2.50. The standard InChI is InChI=1S/C61H37N3S2/c1-3-18-38(19-4-1)42-25-9-10-28-46(42)56-50(37-36-47(55(56)40-21-5-2-6-22-40)43-29-15-23-39-20-7-8-24-41(39)43)59-62-60(51-32-16-30-48-44-26-11-13-34-53(44)65-57(48)51)64-61(63-59)52-33-17-31-49-45-27-12-14-35-54(45)66-58(49)52/h1-37H. The predicted molar refractivity (Wildman–Crippen MR) is 281 cm³/mol. The Hall–Kier alpha value is -8.09. The highest BCUT2D eigenvalue weighted by atomic mass is 32.1. The monoisotopic (exact) mass is 875 g/mol. The minimum Gasteiger partial charge on any atom is -0.208 e. The van der Waals surface area contributed by atoms with E-state index in [1.807, 2.05) is 0 Å². The molecule has 0 saturated heterocycles. The summed E-state index contributed by atoms with van der Waals surface area (Å²) in [6, 6.07) is 80.5. The van der Waals surface area contributed by atoms with Gasteiger partial charge in [0.15, 0.2) is 17.5 Å². The zero-order valence-corrected chi connectivity index (χ0v) is 37.2. The van der Waals surface area contributed by atoms with E-state index in [-0.39, 0.29) is 0 Å². The first-order chi connectivity index (χ1) is 32.7. The lowest BCUT2D eigenvalue weighted by atomic mass is 9.81. The molecule has 0 aliphatic carbocycles. The molecule has 0 saturated carbocycles. The van der Waals surface area contributed by atoms with E-state index < -0.39 is 0 Å². The molecule has 0 radical (unpaired) electrons. The Morgan fingerprint density at radius 3 is 1.30 bits per heavy atom. The van der Waals surface area contributed by atoms with Crippen LogP contribution in [0.1, 0.15) is 0 Å². The molecule has 10 aromatic carbocycles. The average Bonchev–Trinajstić information content (AvgIpc) is 3.97. The highest BCUT2D eigenvalue weighted by molar-refractivity contribution is 7.26. The van der Waals surface area contributed by atoms with Crippen molar-refractivity contribution < 1.29 is 0 Å². The number of hydrogen-bond donors (Lipinski definition) is 0. The van der Waals surface area contributed by atoms with Gasteiger partial charge in [-0.15, -0.1) is 22.7 Å². The molecule has 13 rings (SSSR count). The van der Waals surface area contributed by atoms with Crippen LogP contribution in [0.15, 0.2) is 224 Å². The van der Waals surface area contributed by atoms with E-state index in [2.05, 4.69) is 224 Å². The van der Waals surface area contributed by atoms with Crippen molar-refractivity contribution in [1.29, 1.82) is 0 Å². The molecule has 66 heavy (non-hydrogen) atoms. The number of thiophene rings is 2. The van der Waals surface area contributed by atoms with Crippen LogP contribution in [0.25, 0.3) is 130 Å². The van der Waals surface area contributed by atoms with Gasteiger partial charge in [0.2, 0.25) is 0 Å². The van der Waals surface area contributed by atoms with Gasteiger partial charge in [0, 0.05) is 62.6 Å². The van der Waals surface area contributed by atoms with Crippen molar-refractivity contribution in [1.82, 2.24) is 15.0 Å². The molecule has 3 heterocycles. The van der Waals surface area contributed by atoms with Crippen molar-refractivity contribution >= 4 is 73.8 Å². The molecule has 0 unspecified atom stereocenters. The van der Waals surface area contributed by atoms with Crippen molar-refractivity contribution in [3.8, 4) is 78.7 Å². The van der Waals surface area contributed by atoms with Crippen LogP contribution < -0.4 is 0 Å². The molecular weight excluding hydrogens is 839 g/mol. The maximum atomic E-state index is 5.61. The molecule has 5 heteroatoms. The molecule has 0 spiro atoms. The summed E-state index contributed by atoms with van der Waals surface area (Å²) in [5.74, 6) is 1.91. The van der Waals surface area contributed by atoms with Gasteiger partial charge in [-0.05, 0) is 80.0 Å². The fourth-order valence-electron chi connectivity index (χ4n) is 9.81. The van der Waals surface area contributed by atoms with Gasteiger partial charge in [-0.2, -0.15) is 0 Å². The van der Waals surface area contributed by atoms with Crippen LogP contribution in [0.4, 0.5) is 0 Å². The van der Waals surface area contributed by atoms with Crippen molar-refractivity contribution in [2.75, 3.05) is 0 Å². The van der Waals surface area contributed by atoms with Crippen LogP contribution in [-0.4, -0.2) is 15.0 Å². The number of hydrogen-bond acceptors (Lipinski definition) is 5. The Morgan fingerprint density at radius 2 is 0.667 bits per heavy atom. The summed E-state index contributed by atoms with van der Waals surface area (Å²) < 4.78 is 4.79. The highest BCUT2D eigenvalue weighted by Gasteiger charge is 2.26. The third kappa shape index (κ3) is 6.35. The van der Waals surface area contributed by atoms with Gasteiger partial charge in [0.1, 0.15) is 0 Å². The van der Waals surface area contributed by atoms with Gasteiger partial charge in [-0.1, -0.05) is 194 Å². The zero-order chi connectivity index (χ0) is 43.6. The molecule has 308 valence electrons. The maximum absolute atomic E-state index is 5.61. The summed E-state index contributed by atoms with van der Waals surface area (Å²) in [5, 5.41) is 7.27. The van der Waals surface area contributed by atoms with Gasteiger partial charge in [-0.3, -0.25) is 0 Å². The second-order valence-electron chi connectivity index (χ2n) is 16.6. The number of aromatic nitrogens is 3. The number of nitrogens with zero attached hydrogens (tertiary/aromatic N) is 3. The topological polar surface area (TPSA) is 38.7 Å². The molecule has 3 aromatic heterocycles. The van der Waals surface area contributed by atoms with E-state index in [9.17, 15) is 0 Å². The molecule has 3 nitrogen and oxygen atoms in total. The van der Waals surface area contributed by atoms with Crippen molar-refractivity contribution in [3.63, 3.8) is 0 Å². The first-order valence-corrected chi connectivity index (χ1v) is 23.8. The summed E-state index contributed by atoms with van der Waals surface area (Å²) >= 11 is 3.59. The lowest BCUT2D eigenvalue weighted by Gasteiger charge is -2.23. The van der Waals surface area contributed by atoms with Crippen LogP contribution >= 0.6 is 22.7 Å². The van der Waals surface area contributed by atoms with Gasteiger partial charge >= 0.3 is 0 Å². The van der Waals surface area contributed by atoms with E-state index in [4.69, 9.17) is 15.0 Å². The second kappa shape index (κ2) is 15.9. The van der Waals surface area contributed by atoms with E-state index in [1.165, 1.54) is 47.3 Å². The Morgan fingerprint density at radius 1 is 0.242 bits per heavy atom. The van der Waals surface area contributed by atoms with Crippen molar-refractivity contribution in [3.05, 3.63) is 224 Å². The number of rotatable bonds is 7. The molecule has 0 aliphatic heterocycles. The predicted octanol–water partition coefficient (Wildman–Crippen LogP) is 17.4. The molecule has 0 amide bonds. The average molecular weight is 876 g/mol. The van der Waals surface area contributed by atoms with Crippen LogP contribution in [0.5, 0.6) is 0 Å². The SMILES string of the molecule is c1ccc(-c2ccccc2-c2c(-c3nc(-c4cccc5c4sc4ccccc45)nc(-c4cccc5c4sc4ccccc45)n3)ccc(-c3cccc4ccccc34)c2-c2ccccc2)cc1. The van der Waals surface area contributed by atoms with Gasteiger partial charge < -0.3 is 0 Å². The van der Waals surface area contributed by atoms with E-state index >= 15 is 0 Å². The number of benzene rings is 10. The zero-order valence-electron chi connectivity index (χ0n) is 35.5. The quantitative estimate of drug-likeness (QED) is 0.160. The smallest absolute Gasteiger partial charge is 0.165 e. The molecule has 13 aromatic rings. The maximum Gasteiger partial charge on any atom is 0.165 e. The van der Waals surface area contributed by atoms with Crippen molar-refractivity contribution in [2.45, 2.75) is 0 Å². The van der Waals surface area contributed by atoms with Gasteiger partial charge in [-0.25, -0.2) is 15.0 Å². The van der Waals surface area contributed by atoms with E-state index in [0.29, 0.717) is 17.5 Å². The Bertz CT molecular complexity index is 3860. The third-order valence-electron chi connectivity index (χ3n) is 12.8. The lowest BCUT2D eigenvalue weighted by molar-refractivity contribution is 1.08. The minimum atomic E-state index is 0.616. The van der Waals surface area contributed by atoms with Crippen molar-refractivity contribution in [2.24, 2.45) is 0 Å². The summed E-state index contributed by atoms with van der Waals surface area (Å²) in [4.78, 5) is 16.7. The van der Waals surface area contributed by atoms with Crippen LogP contribution in [0.2, 0.25) is 0 Å². The Labute approximate surface area is 389 Å². The Kier molecular flexibility index (Phi) is 9.22. The van der Waals surface area contributed by atoms with Crippen LogP contribution in [0, 0.1) is 0 Å². The molecular formula is C61H37N3S2. The van der Waals surface area contributed by atoms with Gasteiger partial charge in [0.25, 0.3) is 0 Å². The fourth-order valence-corrected chi connectivity index (χ4v) is 12.2. The molecule has 0 aliphatic rings. The first-order valence-electron chi connectivity index (χ1n) is 22.2. The number of fused-ring (bicyclic) bond motifs is 7. The largest absolute Gasteiger partial charge is 0.208 e. The summed E-state index contributed by atoms with van der Waals surface area (Å²) in [6.45, 7) is 0. The summed E-state index contributed by atoms with van der Waals surface area (Å²) in [5.41, 5.74) is 11.9. The normalized spacial score (nSPS) is 11.6. The molecule has 0 N–H and O–H groups in total. The molecule has 0 bridgehead atoms. The Balaban J connectivity index is 1.17. The lowest BCUT2D eigenvalue weighted by Crippen LogP contribution is -2.03. The van der Waals surface area contributed by atoms with E-state index in [0.717, 1.165) is 65.0 Å².